The lowest BCUT2D eigenvalue weighted by Gasteiger charge is -2.32. The van der Waals surface area contributed by atoms with E-state index < -0.39 is 6.00 Å². The minimum absolute atomic E-state index is 0.695. The molecule has 1 heterocycles. The molecule has 0 aromatic heterocycles. The van der Waals surface area contributed by atoms with Crippen molar-refractivity contribution in [2.24, 2.45) is 0 Å². The largest absolute Gasteiger partial charge is 0.322 e. The fourth-order valence-electron chi connectivity index (χ4n) is 1.03. The molecule has 0 saturated carbocycles. The van der Waals surface area contributed by atoms with E-state index in [4.69, 9.17) is 22.5 Å². The molecule has 0 N–H and O–H groups in total. The molecule has 1 fully saturated rings. The quantitative estimate of drug-likeness (QED) is 0.626. The molecule has 0 aromatic rings. The lowest BCUT2D eigenvalue weighted by molar-refractivity contribution is 0.225. The fraction of sp³-hybridized carbons (Fsp3) is 1.00. The molecule has 0 aromatic carbocycles. The molecule has 1 aliphatic rings. The van der Waals surface area contributed by atoms with Crippen LogP contribution in [0.5, 0.6) is 0 Å². The Labute approximate surface area is 76.2 Å². The van der Waals surface area contributed by atoms with Gasteiger partial charge in [-0.3, -0.25) is 4.57 Å². The van der Waals surface area contributed by atoms with E-state index >= 15 is 0 Å². The molecule has 1 aliphatic heterocycles. The van der Waals surface area contributed by atoms with Gasteiger partial charge in [-0.15, -0.1) is 0 Å². The highest BCUT2D eigenvalue weighted by Gasteiger charge is 2.27. The average Bonchev–Trinajstić information content (AvgIpc) is 1.86. The lowest BCUT2D eigenvalue weighted by Crippen LogP contribution is -2.41. The molecule has 0 amide bonds. The number of rotatable bonds is 1. The molecule has 11 heavy (non-hydrogen) atoms. The van der Waals surface area contributed by atoms with Crippen molar-refractivity contribution >= 4 is 28.5 Å². The molecule has 0 radical (unpaired) electrons. The predicted molar refractivity (Wildman–Crippen MR) is 48.4 cm³/mol. The van der Waals surface area contributed by atoms with E-state index in [0.717, 1.165) is 13.1 Å². The Morgan fingerprint density at radius 2 is 1.64 bits per heavy atom. The zero-order chi connectivity index (χ0) is 8.48. The molecule has 0 bridgehead atoms. The second-order valence-corrected chi connectivity index (χ2v) is 7.40. The first-order valence-corrected chi connectivity index (χ1v) is 6.90. The summed E-state index contributed by atoms with van der Waals surface area (Å²) in [4.78, 5) is 2.15. The van der Waals surface area contributed by atoms with Gasteiger partial charge in [0.15, 0.2) is 0 Å². The SMILES string of the molecule is CN1CCN(P(=O)(Cl)Cl)CC1. The number of likely N-dealkylation sites (N-methyl/N-ethyl adjacent to an activating group) is 1. The molecule has 0 aliphatic carbocycles. The van der Waals surface area contributed by atoms with E-state index in [1.807, 2.05) is 7.05 Å². The molecule has 6 heteroatoms. The Balaban J connectivity index is 2.46. The molecule has 0 atom stereocenters. The van der Waals surface area contributed by atoms with E-state index in [1.54, 1.807) is 4.67 Å². The van der Waals surface area contributed by atoms with Crippen molar-refractivity contribution in [3.05, 3.63) is 0 Å². The van der Waals surface area contributed by atoms with Gasteiger partial charge < -0.3 is 4.90 Å². The Bertz CT molecular complexity index is 175. The van der Waals surface area contributed by atoms with Gasteiger partial charge in [0.25, 0.3) is 0 Å². The highest BCUT2D eigenvalue weighted by atomic mass is 35.9. The normalized spacial score (nSPS) is 23.9. The molecule has 0 unspecified atom stereocenters. The molecular formula is C5H11Cl2N2OP. The smallest absolute Gasteiger partial charge is 0.304 e. The third-order valence-electron chi connectivity index (χ3n) is 1.81. The van der Waals surface area contributed by atoms with Gasteiger partial charge in [0.05, 0.1) is 0 Å². The van der Waals surface area contributed by atoms with E-state index in [-0.39, 0.29) is 0 Å². The maximum absolute atomic E-state index is 11.1. The summed E-state index contributed by atoms with van der Waals surface area (Å²) < 4.78 is 12.7. The monoisotopic (exact) mass is 216 g/mol. The van der Waals surface area contributed by atoms with Gasteiger partial charge in [0.2, 0.25) is 0 Å². The van der Waals surface area contributed by atoms with Crippen molar-refractivity contribution in [2.45, 2.75) is 0 Å². The number of nitrogens with zero attached hydrogens (tertiary/aromatic N) is 2. The van der Waals surface area contributed by atoms with Gasteiger partial charge in [-0.2, -0.15) is 0 Å². The minimum atomic E-state index is -3.02. The van der Waals surface area contributed by atoms with Crippen LogP contribution in [0.25, 0.3) is 0 Å². The number of hydrogen-bond acceptors (Lipinski definition) is 2. The molecule has 1 saturated heterocycles. The van der Waals surface area contributed by atoms with Crippen molar-refractivity contribution in [2.75, 3.05) is 33.2 Å². The number of halogens is 2. The minimum Gasteiger partial charge on any atom is -0.304 e. The average molecular weight is 217 g/mol. The first-order valence-electron chi connectivity index (χ1n) is 3.43. The summed E-state index contributed by atoms with van der Waals surface area (Å²) in [7, 11) is 2.02. The topological polar surface area (TPSA) is 23.6 Å². The second-order valence-electron chi connectivity index (χ2n) is 2.69. The summed E-state index contributed by atoms with van der Waals surface area (Å²) in [6.07, 6.45) is 0. The Kier molecular flexibility index (Phi) is 3.24. The lowest BCUT2D eigenvalue weighted by atomic mass is 10.4. The zero-order valence-electron chi connectivity index (χ0n) is 6.33. The summed E-state index contributed by atoms with van der Waals surface area (Å²) in [5, 5.41) is 0. The Morgan fingerprint density at radius 1 is 1.18 bits per heavy atom. The van der Waals surface area contributed by atoms with Crippen LogP contribution in [0.4, 0.5) is 0 Å². The van der Waals surface area contributed by atoms with Gasteiger partial charge in [-0.05, 0) is 29.5 Å². The number of hydrogen-bond donors (Lipinski definition) is 0. The van der Waals surface area contributed by atoms with Crippen LogP contribution in [0.1, 0.15) is 0 Å². The van der Waals surface area contributed by atoms with Crippen LogP contribution in [0, 0.1) is 0 Å². The highest BCUT2D eigenvalue weighted by molar-refractivity contribution is 8.06. The van der Waals surface area contributed by atoms with Crippen LogP contribution in [-0.4, -0.2) is 42.8 Å². The first-order chi connectivity index (χ1) is 5.00. The number of piperazine rings is 1. The first kappa shape index (κ1) is 9.82. The van der Waals surface area contributed by atoms with E-state index in [2.05, 4.69) is 4.90 Å². The summed E-state index contributed by atoms with van der Waals surface area (Å²) in [5.41, 5.74) is 0. The van der Waals surface area contributed by atoms with Crippen LogP contribution < -0.4 is 0 Å². The van der Waals surface area contributed by atoms with Crippen LogP contribution in [0.2, 0.25) is 0 Å². The third kappa shape index (κ3) is 2.92. The maximum Gasteiger partial charge on any atom is 0.322 e. The van der Waals surface area contributed by atoms with E-state index in [1.165, 1.54) is 0 Å². The molecule has 3 nitrogen and oxygen atoms in total. The van der Waals surface area contributed by atoms with Gasteiger partial charge in [-0.1, -0.05) is 0 Å². The van der Waals surface area contributed by atoms with Crippen LogP contribution >= 0.6 is 28.5 Å². The summed E-state index contributed by atoms with van der Waals surface area (Å²) in [5.74, 6) is -3.02. The van der Waals surface area contributed by atoms with E-state index in [0.29, 0.717) is 13.1 Å². The van der Waals surface area contributed by atoms with Crippen molar-refractivity contribution < 1.29 is 4.57 Å². The van der Waals surface area contributed by atoms with Crippen molar-refractivity contribution in [1.29, 1.82) is 0 Å². The fourth-order valence-corrected chi connectivity index (χ4v) is 2.58. The van der Waals surface area contributed by atoms with Crippen molar-refractivity contribution in [1.82, 2.24) is 9.57 Å². The molecule has 1 rings (SSSR count). The third-order valence-corrected chi connectivity index (χ3v) is 4.15. The van der Waals surface area contributed by atoms with E-state index in [9.17, 15) is 4.57 Å². The summed E-state index contributed by atoms with van der Waals surface area (Å²) in [6, 6.07) is 0. The van der Waals surface area contributed by atoms with Gasteiger partial charge in [-0.25, -0.2) is 4.67 Å². The zero-order valence-corrected chi connectivity index (χ0v) is 8.74. The molecular weight excluding hydrogens is 206 g/mol. The van der Waals surface area contributed by atoms with Crippen LogP contribution in [0.3, 0.4) is 0 Å². The van der Waals surface area contributed by atoms with Crippen molar-refractivity contribution in [3.63, 3.8) is 0 Å². The second kappa shape index (κ2) is 3.63. The predicted octanol–water partition coefficient (Wildman–Crippen LogP) is 1.82. The van der Waals surface area contributed by atoms with Gasteiger partial charge in [0, 0.05) is 26.2 Å². The Hall–Kier alpha value is 0.730. The standard InChI is InChI=1S/C5H11Cl2N2OP/c1-8-2-4-9(5-3-8)11(6,7)10/h2-5H2,1H3. The Morgan fingerprint density at radius 3 is 2.00 bits per heavy atom. The molecule has 66 valence electrons. The van der Waals surface area contributed by atoms with Gasteiger partial charge in [0.1, 0.15) is 0 Å². The van der Waals surface area contributed by atoms with Crippen LogP contribution in [0.15, 0.2) is 0 Å². The highest BCUT2D eigenvalue weighted by Crippen LogP contribution is 2.59. The van der Waals surface area contributed by atoms with Gasteiger partial charge >= 0.3 is 6.00 Å². The van der Waals surface area contributed by atoms with Crippen molar-refractivity contribution in [3.8, 4) is 0 Å². The summed E-state index contributed by atoms with van der Waals surface area (Å²) >= 11 is 11.0. The van der Waals surface area contributed by atoms with Crippen LogP contribution in [-0.2, 0) is 4.57 Å². The summed E-state index contributed by atoms with van der Waals surface area (Å²) in [6.45, 7) is 3.15. The molecule has 0 spiro atoms. The maximum atomic E-state index is 11.1.